The molecule has 2 aromatic heterocycles. The number of unbranched alkanes of at least 4 members (excludes halogenated alkanes) is 5. The molecule has 3 aliphatic rings. The zero-order chi connectivity index (χ0) is 28.2. The summed E-state index contributed by atoms with van der Waals surface area (Å²) >= 11 is 1.11. The van der Waals surface area contributed by atoms with Crippen LogP contribution in [-0.4, -0.2) is 23.1 Å². The number of nitrogens with two attached hydrogens (primary N) is 1. The molecule has 0 bridgehead atoms. The fourth-order valence-electron chi connectivity index (χ4n) is 5.82. The van der Waals surface area contributed by atoms with Crippen LogP contribution in [0.4, 0.5) is 15.3 Å². The molecule has 1 fully saturated rings. The van der Waals surface area contributed by atoms with Crippen molar-refractivity contribution >= 4 is 53.6 Å². The van der Waals surface area contributed by atoms with Gasteiger partial charge in [-0.25, -0.2) is 14.4 Å². The van der Waals surface area contributed by atoms with Crippen LogP contribution < -0.4 is 21.3 Å². The first-order chi connectivity index (χ1) is 19.5. The number of nitrogens with one attached hydrogen (secondary N) is 1. The molecule has 0 spiro atoms. The van der Waals surface area contributed by atoms with Gasteiger partial charge in [-0.05, 0) is 29.5 Å². The van der Waals surface area contributed by atoms with E-state index < -0.39 is 11.9 Å². The zero-order valence-electron chi connectivity index (χ0n) is 25.9. The molecule has 6 rings (SSSR count). The number of anilines is 2. The molecule has 0 radical (unpaired) electrons. The number of thiophene rings is 1. The summed E-state index contributed by atoms with van der Waals surface area (Å²) < 4.78 is 20.5. The molecule has 5 heterocycles. The Labute approximate surface area is 286 Å². The van der Waals surface area contributed by atoms with E-state index in [0.29, 0.717) is 34.2 Å². The van der Waals surface area contributed by atoms with Crippen molar-refractivity contribution in [2.45, 2.75) is 84.5 Å². The maximum atomic E-state index is 14.6. The minimum Gasteiger partial charge on any atom is -0.389 e. The van der Waals surface area contributed by atoms with E-state index in [-0.39, 0.29) is 46.0 Å². The molecule has 3 aromatic rings. The molecule has 1 saturated heterocycles. The number of nitrogens with zero attached hydrogens (tertiary/aromatic N) is 4. The number of hydrogen-bond acceptors (Lipinski definition) is 8. The van der Waals surface area contributed by atoms with Gasteiger partial charge in [0.15, 0.2) is 5.83 Å². The smallest absolute Gasteiger partial charge is 0.389 e. The quantitative estimate of drug-likeness (QED) is 0.144. The second-order valence-electron chi connectivity index (χ2n) is 10.6. The molecule has 3 N–H and O–H groups in total. The zero-order valence-corrected chi connectivity index (χ0v) is 32.0. The van der Waals surface area contributed by atoms with Crippen LogP contribution in [0.15, 0.2) is 12.4 Å². The Hall–Kier alpha value is -1.74. The number of nitrogen functional groups attached to an aromatic ring is 1. The van der Waals surface area contributed by atoms with Gasteiger partial charge in [0.25, 0.3) is 0 Å². The summed E-state index contributed by atoms with van der Waals surface area (Å²) in [6, 6.07) is 1.75. The predicted octanol–water partition coefficient (Wildman–Crippen LogP) is 7.50. The number of fused-ring (bicyclic) bond motifs is 4. The Morgan fingerprint density at radius 2 is 1.77 bits per heavy atom. The molecule has 0 amide bonds. The summed E-state index contributed by atoms with van der Waals surface area (Å²) in [5.41, 5.74) is 10.9. The summed E-state index contributed by atoms with van der Waals surface area (Å²) in [5.74, 6) is 0.316. The molecular formula is C32H44FN6OPSU. The predicted molar refractivity (Wildman–Crippen MR) is 178 cm³/mol. The molecule has 2 unspecified atom stereocenters. The Morgan fingerprint density at radius 3 is 2.40 bits per heavy atom. The van der Waals surface area contributed by atoms with Gasteiger partial charge in [0.2, 0.25) is 5.95 Å². The number of rotatable bonds is 7. The third-order valence-electron chi connectivity index (χ3n) is 7.93. The van der Waals surface area contributed by atoms with Crippen LogP contribution >= 0.6 is 20.6 Å². The number of benzene rings is 1. The molecule has 0 saturated carbocycles. The van der Waals surface area contributed by atoms with Gasteiger partial charge in [-0.3, -0.25) is 0 Å². The number of halogens is 1. The van der Waals surface area contributed by atoms with Gasteiger partial charge < -0.3 is 35.5 Å². The SMILES string of the molecule is CCCCCCCC.N#Cc1c(N)sc2c1C(c1c3c(c4cnc(N5CCCC5)nc4c1P)COC3)NC=C2F.[CH3-].[CH3-].[U+2]. The van der Waals surface area contributed by atoms with Gasteiger partial charge in [-0.15, -0.1) is 20.6 Å². The normalized spacial score (nSPS) is 16.3. The molecular weight excluding hydrogens is 804 g/mol. The van der Waals surface area contributed by atoms with Crippen molar-refractivity contribution in [3.63, 3.8) is 0 Å². The van der Waals surface area contributed by atoms with Crippen molar-refractivity contribution in [1.82, 2.24) is 15.3 Å². The average molecular weight is 849 g/mol. The van der Waals surface area contributed by atoms with E-state index in [0.717, 1.165) is 76.1 Å². The summed E-state index contributed by atoms with van der Waals surface area (Å²) in [7, 11) is 2.82. The number of nitriles is 1. The van der Waals surface area contributed by atoms with Crippen LogP contribution in [0.25, 0.3) is 16.7 Å². The van der Waals surface area contributed by atoms with Crippen molar-refractivity contribution in [2.24, 2.45) is 0 Å². The molecule has 3 aliphatic heterocycles. The summed E-state index contributed by atoms with van der Waals surface area (Å²) in [6.45, 7) is 7.33. The summed E-state index contributed by atoms with van der Waals surface area (Å²) in [6.07, 6.45) is 14.0. The Kier molecular flexibility index (Phi) is 14.9. The molecule has 0 aliphatic carbocycles. The largest absolute Gasteiger partial charge is 2.00 e. The Balaban J connectivity index is 0.000000523. The third-order valence-corrected chi connectivity index (χ3v) is 9.56. The van der Waals surface area contributed by atoms with Crippen molar-refractivity contribution in [1.29, 1.82) is 5.26 Å². The van der Waals surface area contributed by atoms with Gasteiger partial charge in [-0.1, -0.05) is 52.4 Å². The van der Waals surface area contributed by atoms with Gasteiger partial charge in [-0.2, -0.15) is 5.26 Å². The van der Waals surface area contributed by atoms with Crippen molar-refractivity contribution in [3.05, 3.63) is 59.9 Å². The first kappa shape index (κ1) is 37.4. The van der Waals surface area contributed by atoms with E-state index in [9.17, 15) is 9.65 Å². The fourth-order valence-corrected chi connectivity index (χ4v) is 7.34. The van der Waals surface area contributed by atoms with Crippen LogP contribution in [0.5, 0.6) is 0 Å². The van der Waals surface area contributed by atoms with Crippen molar-refractivity contribution < 1.29 is 40.2 Å². The number of aromatic nitrogens is 2. The van der Waals surface area contributed by atoms with E-state index in [1.165, 1.54) is 44.7 Å². The Bertz CT molecular complexity index is 1460. The molecule has 7 nitrogen and oxygen atoms in total. The monoisotopic (exact) mass is 848 g/mol. The number of ether oxygens (including phenoxy) is 1. The minimum absolute atomic E-state index is 0. The summed E-state index contributed by atoms with van der Waals surface area (Å²) in [5, 5.41) is 15.1. The second-order valence-corrected chi connectivity index (χ2v) is 12.2. The fraction of sp³-hybridized carbons (Fsp3) is 0.469. The van der Waals surface area contributed by atoms with Crippen molar-refractivity contribution in [2.75, 3.05) is 23.7 Å². The first-order valence-electron chi connectivity index (χ1n) is 14.4. The topological polar surface area (TPSA) is 100 Å². The first-order valence-corrected chi connectivity index (χ1v) is 15.8. The Morgan fingerprint density at radius 1 is 1.12 bits per heavy atom. The van der Waals surface area contributed by atoms with Gasteiger partial charge in [0.1, 0.15) is 11.1 Å². The van der Waals surface area contributed by atoms with E-state index in [1.807, 2.05) is 6.20 Å². The van der Waals surface area contributed by atoms with E-state index in [2.05, 4.69) is 44.4 Å². The van der Waals surface area contributed by atoms with Crippen LogP contribution in [0.1, 0.15) is 104 Å². The van der Waals surface area contributed by atoms with Gasteiger partial charge >= 0.3 is 31.1 Å². The van der Waals surface area contributed by atoms with Crippen LogP contribution in [0, 0.1) is 57.3 Å². The minimum atomic E-state index is -0.426. The molecule has 230 valence electrons. The maximum absolute atomic E-state index is 14.6. The third kappa shape index (κ3) is 7.57. The summed E-state index contributed by atoms with van der Waals surface area (Å²) in [4.78, 5) is 12.2. The molecule has 2 atom stereocenters. The van der Waals surface area contributed by atoms with Gasteiger partial charge in [0, 0.05) is 41.7 Å². The van der Waals surface area contributed by atoms with Crippen LogP contribution in [0.3, 0.4) is 0 Å². The average Bonchev–Trinajstić information content (AvgIpc) is 3.73. The van der Waals surface area contributed by atoms with Crippen LogP contribution in [-0.2, 0) is 18.0 Å². The molecule has 43 heavy (non-hydrogen) atoms. The maximum Gasteiger partial charge on any atom is 2.00 e. The molecule has 11 heteroatoms. The molecule has 1 aromatic carbocycles. The van der Waals surface area contributed by atoms with E-state index in [4.69, 9.17) is 15.5 Å². The second kappa shape index (κ2) is 17.1. The van der Waals surface area contributed by atoms with Gasteiger partial charge in [0.05, 0.1) is 35.2 Å². The van der Waals surface area contributed by atoms with Crippen molar-refractivity contribution in [3.8, 4) is 6.07 Å². The number of hydrogen-bond donors (Lipinski definition) is 2. The van der Waals surface area contributed by atoms with E-state index >= 15 is 0 Å². The standard InChI is InChI=1S/C22H20FN6OPS.C8H18.2CH3.U/c23-14-7-26-18(16-10(5-24)21(25)32-20(14)16)15-13-9-30-8-12(13)11-6-27-22(28-17(11)19(15)31)29-3-1-2-4-29;1-3-5-7-8-6-4-2;;;/h6-7,18,26H,1-4,8-9,25,31H2;3-8H2,1-2H3;2*1H3;/q;;2*-1;+2. The van der Waals surface area contributed by atoms with E-state index in [1.54, 1.807) is 0 Å². The van der Waals surface area contributed by atoms with Crippen LogP contribution in [0.2, 0.25) is 0 Å².